The maximum absolute atomic E-state index is 3.41. The molecule has 0 saturated heterocycles. The zero-order chi connectivity index (χ0) is 9.68. The first-order chi connectivity index (χ1) is 6.25. The van der Waals surface area contributed by atoms with Crippen molar-refractivity contribution in [2.24, 2.45) is 0 Å². The van der Waals surface area contributed by atoms with Crippen LogP contribution in [0.4, 0.5) is 0 Å². The van der Waals surface area contributed by atoms with E-state index in [1.165, 1.54) is 12.1 Å². The van der Waals surface area contributed by atoms with E-state index in [2.05, 4.69) is 49.0 Å². The van der Waals surface area contributed by atoms with Gasteiger partial charge in [-0.3, -0.25) is 0 Å². The maximum atomic E-state index is 3.41. The Kier molecular flexibility index (Phi) is 4.03. The Morgan fingerprint density at radius 3 is 2.85 bits per heavy atom. The minimum atomic E-state index is 0.563. The molecule has 0 amide bonds. The molecule has 2 nitrogen and oxygen atoms in total. The summed E-state index contributed by atoms with van der Waals surface area (Å²) < 4.78 is 2.31. The van der Waals surface area contributed by atoms with Crippen LogP contribution in [0.2, 0.25) is 0 Å². The summed E-state index contributed by atoms with van der Waals surface area (Å²) in [4.78, 5) is 0. The normalized spacial score (nSPS) is 11.1. The monoisotopic (exact) mass is 180 g/mol. The fourth-order valence-electron chi connectivity index (χ4n) is 1.48. The van der Waals surface area contributed by atoms with Gasteiger partial charge in [-0.1, -0.05) is 6.92 Å². The molecule has 0 fully saturated rings. The van der Waals surface area contributed by atoms with E-state index in [1.807, 2.05) is 0 Å². The fourth-order valence-corrected chi connectivity index (χ4v) is 1.48. The van der Waals surface area contributed by atoms with Crippen LogP contribution in [0.5, 0.6) is 0 Å². The Bertz CT molecular complexity index is 238. The van der Waals surface area contributed by atoms with E-state index in [0.29, 0.717) is 6.04 Å². The van der Waals surface area contributed by atoms with Crippen LogP contribution in [-0.2, 0) is 6.54 Å². The molecule has 1 aromatic heterocycles. The average molecular weight is 180 g/mol. The standard InChI is InChI=1S/C11H20N2/c1-4-7-12-9-11-6-5-8-13(11)10(2)3/h5-6,8,10,12H,4,7,9H2,1-3H3. The molecule has 0 aliphatic rings. The van der Waals surface area contributed by atoms with E-state index in [4.69, 9.17) is 0 Å². The second kappa shape index (κ2) is 5.07. The Labute approximate surface area is 81.0 Å². The first-order valence-electron chi connectivity index (χ1n) is 5.12. The van der Waals surface area contributed by atoms with Gasteiger partial charge in [0.2, 0.25) is 0 Å². The molecule has 0 bridgehead atoms. The highest BCUT2D eigenvalue weighted by atomic mass is 15.0. The van der Waals surface area contributed by atoms with Crippen LogP contribution >= 0.6 is 0 Å². The Hall–Kier alpha value is -0.760. The van der Waals surface area contributed by atoms with E-state index in [0.717, 1.165) is 13.1 Å². The Morgan fingerprint density at radius 2 is 2.23 bits per heavy atom. The van der Waals surface area contributed by atoms with Gasteiger partial charge in [-0.05, 0) is 38.9 Å². The molecular weight excluding hydrogens is 160 g/mol. The van der Waals surface area contributed by atoms with Gasteiger partial charge < -0.3 is 9.88 Å². The summed E-state index contributed by atoms with van der Waals surface area (Å²) in [5.74, 6) is 0. The molecule has 1 rings (SSSR count). The highest BCUT2D eigenvalue weighted by Gasteiger charge is 2.02. The lowest BCUT2D eigenvalue weighted by Crippen LogP contribution is -2.17. The van der Waals surface area contributed by atoms with Crippen molar-refractivity contribution in [1.82, 2.24) is 9.88 Å². The van der Waals surface area contributed by atoms with Crippen LogP contribution in [0, 0.1) is 0 Å². The van der Waals surface area contributed by atoms with Crippen molar-refractivity contribution < 1.29 is 0 Å². The van der Waals surface area contributed by atoms with Crippen LogP contribution in [0.25, 0.3) is 0 Å². The van der Waals surface area contributed by atoms with E-state index in [1.54, 1.807) is 0 Å². The molecule has 0 radical (unpaired) electrons. The van der Waals surface area contributed by atoms with Gasteiger partial charge in [-0.15, -0.1) is 0 Å². The lowest BCUT2D eigenvalue weighted by Gasteiger charge is -2.13. The molecule has 0 aliphatic heterocycles. The number of nitrogens with one attached hydrogen (secondary N) is 1. The number of nitrogens with zero attached hydrogens (tertiary/aromatic N) is 1. The number of rotatable bonds is 5. The third-order valence-corrected chi connectivity index (χ3v) is 2.16. The van der Waals surface area contributed by atoms with Crippen molar-refractivity contribution >= 4 is 0 Å². The van der Waals surface area contributed by atoms with Gasteiger partial charge >= 0.3 is 0 Å². The molecular formula is C11H20N2. The molecule has 74 valence electrons. The van der Waals surface area contributed by atoms with Gasteiger partial charge in [-0.25, -0.2) is 0 Å². The number of hydrogen-bond donors (Lipinski definition) is 1. The molecule has 0 aliphatic carbocycles. The molecule has 13 heavy (non-hydrogen) atoms. The lowest BCUT2D eigenvalue weighted by atomic mass is 10.3. The zero-order valence-electron chi connectivity index (χ0n) is 8.88. The molecule has 1 heterocycles. The summed E-state index contributed by atoms with van der Waals surface area (Å²) in [5, 5.41) is 3.41. The summed E-state index contributed by atoms with van der Waals surface area (Å²) in [6.45, 7) is 8.70. The summed E-state index contributed by atoms with van der Waals surface area (Å²) >= 11 is 0. The molecule has 0 spiro atoms. The molecule has 1 N–H and O–H groups in total. The first kappa shape index (κ1) is 10.3. The Balaban J connectivity index is 2.50. The summed E-state index contributed by atoms with van der Waals surface area (Å²) in [6.07, 6.45) is 3.34. The summed E-state index contributed by atoms with van der Waals surface area (Å²) in [6, 6.07) is 4.86. The second-order valence-corrected chi connectivity index (χ2v) is 3.68. The van der Waals surface area contributed by atoms with Crippen LogP contribution < -0.4 is 5.32 Å². The quantitative estimate of drug-likeness (QED) is 0.689. The van der Waals surface area contributed by atoms with Crippen LogP contribution in [0.3, 0.4) is 0 Å². The van der Waals surface area contributed by atoms with Gasteiger partial charge in [0.15, 0.2) is 0 Å². The van der Waals surface area contributed by atoms with Crippen molar-refractivity contribution in [3.8, 4) is 0 Å². The number of aromatic nitrogens is 1. The maximum Gasteiger partial charge on any atom is 0.0359 e. The SMILES string of the molecule is CCCNCc1cccn1C(C)C. The highest BCUT2D eigenvalue weighted by molar-refractivity contribution is 5.07. The van der Waals surface area contributed by atoms with Crippen LogP contribution in [0.1, 0.15) is 38.9 Å². The lowest BCUT2D eigenvalue weighted by molar-refractivity contribution is 0.551. The minimum Gasteiger partial charge on any atom is -0.348 e. The third-order valence-electron chi connectivity index (χ3n) is 2.16. The van der Waals surface area contributed by atoms with Crippen LogP contribution in [-0.4, -0.2) is 11.1 Å². The smallest absolute Gasteiger partial charge is 0.0359 e. The zero-order valence-corrected chi connectivity index (χ0v) is 8.88. The first-order valence-corrected chi connectivity index (χ1v) is 5.12. The van der Waals surface area contributed by atoms with E-state index in [9.17, 15) is 0 Å². The second-order valence-electron chi connectivity index (χ2n) is 3.68. The van der Waals surface area contributed by atoms with Gasteiger partial charge in [0.25, 0.3) is 0 Å². The van der Waals surface area contributed by atoms with Crippen molar-refractivity contribution in [3.63, 3.8) is 0 Å². The molecule has 0 unspecified atom stereocenters. The molecule has 2 heteroatoms. The molecule has 0 saturated carbocycles. The van der Waals surface area contributed by atoms with Crippen molar-refractivity contribution in [3.05, 3.63) is 24.0 Å². The largest absolute Gasteiger partial charge is 0.348 e. The third kappa shape index (κ3) is 2.88. The van der Waals surface area contributed by atoms with E-state index >= 15 is 0 Å². The van der Waals surface area contributed by atoms with Crippen molar-refractivity contribution in [2.45, 2.75) is 39.8 Å². The Morgan fingerprint density at radius 1 is 1.46 bits per heavy atom. The van der Waals surface area contributed by atoms with Gasteiger partial charge in [0.1, 0.15) is 0 Å². The number of hydrogen-bond acceptors (Lipinski definition) is 1. The predicted octanol–water partition coefficient (Wildman–Crippen LogP) is 2.57. The summed E-state index contributed by atoms with van der Waals surface area (Å²) in [5.41, 5.74) is 1.38. The highest BCUT2D eigenvalue weighted by Crippen LogP contribution is 2.10. The molecule has 1 aromatic rings. The van der Waals surface area contributed by atoms with Gasteiger partial charge in [0, 0.05) is 24.5 Å². The molecule has 0 atom stereocenters. The fraction of sp³-hybridized carbons (Fsp3) is 0.636. The topological polar surface area (TPSA) is 17.0 Å². The van der Waals surface area contributed by atoms with Crippen LogP contribution in [0.15, 0.2) is 18.3 Å². The van der Waals surface area contributed by atoms with Crippen molar-refractivity contribution in [1.29, 1.82) is 0 Å². The average Bonchev–Trinajstić information content (AvgIpc) is 2.53. The van der Waals surface area contributed by atoms with E-state index in [-0.39, 0.29) is 0 Å². The summed E-state index contributed by atoms with van der Waals surface area (Å²) in [7, 11) is 0. The van der Waals surface area contributed by atoms with E-state index < -0.39 is 0 Å². The molecule has 0 aromatic carbocycles. The van der Waals surface area contributed by atoms with Gasteiger partial charge in [0.05, 0.1) is 0 Å². The predicted molar refractivity (Wildman–Crippen MR) is 56.8 cm³/mol. The van der Waals surface area contributed by atoms with Crippen molar-refractivity contribution in [2.75, 3.05) is 6.54 Å². The van der Waals surface area contributed by atoms with Gasteiger partial charge in [-0.2, -0.15) is 0 Å². The minimum absolute atomic E-state index is 0.563.